The van der Waals surface area contributed by atoms with Gasteiger partial charge in [-0.05, 0) is 42.8 Å². The molecule has 3 aromatic carbocycles. The van der Waals surface area contributed by atoms with Crippen LogP contribution in [0.5, 0.6) is 0 Å². The lowest BCUT2D eigenvalue weighted by Gasteiger charge is -2.23. The number of benzene rings is 3. The van der Waals surface area contributed by atoms with E-state index in [1.54, 1.807) is 60.7 Å². The molecule has 3 aromatic rings. The Balaban J connectivity index is 1.66. The van der Waals surface area contributed by atoms with Crippen LogP contribution in [0.4, 0.5) is 11.4 Å². The number of aryl methyl sites for hydroxylation is 1. The smallest absolute Gasteiger partial charge is 0.268 e. The van der Waals surface area contributed by atoms with Crippen molar-refractivity contribution < 1.29 is 14.7 Å². The summed E-state index contributed by atoms with van der Waals surface area (Å²) in [5.74, 6) is -0.938. The lowest BCUT2D eigenvalue weighted by atomic mass is 9.87. The second-order valence-corrected chi connectivity index (χ2v) is 7.48. The highest BCUT2D eigenvalue weighted by molar-refractivity contribution is 6.30. The van der Waals surface area contributed by atoms with Crippen molar-refractivity contribution in [1.29, 1.82) is 0 Å². The monoisotopic (exact) mass is 406 g/mol. The Bertz CT molecular complexity index is 1100. The quantitative estimate of drug-likeness (QED) is 0.691. The van der Waals surface area contributed by atoms with E-state index in [1.165, 1.54) is 4.90 Å². The zero-order valence-corrected chi connectivity index (χ0v) is 16.5. The highest BCUT2D eigenvalue weighted by Gasteiger charge is 2.51. The van der Waals surface area contributed by atoms with Gasteiger partial charge in [0.2, 0.25) is 5.91 Å². The number of carbonyl (C=O) groups is 2. The van der Waals surface area contributed by atoms with Crippen LogP contribution in [0.2, 0.25) is 5.02 Å². The molecule has 5 nitrogen and oxygen atoms in total. The van der Waals surface area contributed by atoms with E-state index in [2.05, 4.69) is 5.32 Å². The third-order valence-corrected chi connectivity index (χ3v) is 5.25. The summed E-state index contributed by atoms with van der Waals surface area (Å²) < 4.78 is 0. The first-order valence-electron chi connectivity index (χ1n) is 9.16. The second-order valence-electron chi connectivity index (χ2n) is 7.04. The molecule has 2 amide bonds. The van der Waals surface area contributed by atoms with Crippen molar-refractivity contribution in [2.24, 2.45) is 0 Å². The maximum Gasteiger partial charge on any atom is 0.268 e. The second kappa shape index (κ2) is 7.35. The molecule has 1 aliphatic rings. The Morgan fingerprint density at radius 1 is 1.07 bits per heavy atom. The van der Waals surface area contributed by atoms with Gasteiger partial charge in [0.1, 0.15) is 6.54 Å². The molecule has 1 aliphatic heterocycles. The number of hydrogen-bond acceptors (Lipinski definition) is 3. The largest absolute Gasteiger partial charge is 0.372 e. The van der Waals surface area contributed by atoms with Crippen LogP contribution in [0.25, 0.3) is 0 Å². The van der Waals surface area contributed by atoms with Crippen molar-refractivity contribution in [3.8, 4) is 0 Å². The molecular formula is C23H19ClN2O3. The summed E-state index contributed by atoms with van der Waals surface area (Å²) in [5.41, 5.74) is 1.12. The van der Waals surface area contributed by atoms with Crippen LogP contribution >= 0.6 is 11.6 Å². The number of amides is 2. The maximum absolute atomic E-state index is 13.3. The van der Waals surface area contributed by atoms with E-state index in [0.29, 0.717) is 27.5 Å². The van der Waals surface area contributed by atoms with Gasteiger partial charge in [-0.25, -0.2) is 0 Å². The molecule has 146 valence electrons. The van der Waals surface area contributed by atoms with Crippen molar-refractivity contribution in [1.82, 2.24) is 0 Å². The van der Waals surface area contributed by atoms with Gasteiger partial charge in [0.05, 0.1) is 5.69 Å². The van der Waals surface area contributed by atoms with E-state index in [4.69, 9.17) is 11.6 Å². The predicted octanol–water partition coefficient (Wildman–Crippen LogP) is 3.87. The molecule has 0 spiro atoms. The van der Waals surface area contributed by atoms with E-state index in [1.807, 2.05) is 19.1 Å². The van der Waals surface area contributed by atoms with Gasteiger partial charge in [-0.2, -0.15) is 0 Å². The molecule has 0 radical (unpaired) electrons. The number of anilines is 2. The predicted molar refractivity (Wildman–Crippen MR) is 113 cm³/mol. The summed E-state index contributed by atoms with van der Waals surface area (Å²) in [4.78, 5) is 27.2. The number of hydrogen-bond donors (Lipinski definition) is 2. The zero-order valence-electron chi connectivity index (χ0n) is 15.7. The fourth-order valence-corrected chi connectivity index (χ4v) is 3.76. The van der Waals surface area contributed by atoms with E-state index < -0.39 is 11.5 Å². The van der Waals surface area contributed by atoms with Gasteiger partial charge >= 0.3 is 0 Å². The first kappa shape index (κ1) is 19.2. The summed E-state index contributed by atoms with van der Waals surface area (Å²) in [6.07, 6.45) is 0. The first-order chi connectivity index (χ1) is 13.9. The Morgan fingerprint density at radius 3 is 2.52 bits per heavy atom. The minimum absolute atomic E-state index is 0.216. The molecule has 0 saturated heterocycles. The van der Waals surface area contributed by atoms with Crippen LogP contribution in [0.15, 0.2) is 72.8 Å². The maximum atomic E-state index is 13.3. The minimum Gasteiger partial charge on any atom is -0.372 e. The number of para-hydroxylation sites is 1. The topological polar surface area (TPSA) is 69.6 Å². The number of nitrogens with zero attached hydrogens (tertiary/aromatic N) is 1. The van der Waals surface area contributed by atoms with Crippen LogP contribution in [0.1, 0.15) is 16.7 Å². The lowest BCUT2D eigenvalue weighted by molar-refractivity contribution is -0.133. The fraction of sp³-hybridized carbons (Fsp3) is 0.130. The Morgan fingerprint density at radius 2 is 1.79 bits per heavy atom. The molecule has 0 fully saturated rings. The van der Waals surface area contributed by atoms with Crippen LogP contribution in [-0.4, -0.2) is 23.5 Å². The standard InChI is InChI=1S/C23H19ClN2O3/c1-15-9-11-18(12-10-15)25-21(27)14-26-20-8-3-2-7-19(20)23(29,22(26)28)16-5-4-6-17(24)13-16/h2-13,29H,14H2,1H3,(H,25,27). The van der Waals surface area contributed by atoms with Gasteiger partial charge in [0, 0.05) is 16.3 Å². The van der Waals surface area contributed by atoms with Gasteiger partial charge in [-0.1, -0.05) is 59.6 Å². The number of carbonyl (C=O) groups excluding carboxylic acids is 2. The summed E-state index contributed by atoms with van der Waals surface area (Å²) in [6.45, 7) is 1.74. The Hall–Kier alpha value is -3.15. The van der Waals surface area contributed by atoms with E-state index in [-0.39, 0.29) is 12.5 Å². The molecular weight excluding hydrogens is 388 g/mol. The third-order valence-electron chi connectivity index (χ3n) is 5.02. The lowest BCUT2D eigenvalue weighted by Crippen LogP contribution is -2.44. The van der Waals surface area contributed by atoms with Crippen molar-refractivity contribution >= 4 is 34.8 Å². The van der Waals surface area contributed by atoms with E-state index in [9.17, 15) is 14.7 Å². The summed E-state index contributed by atoms with van der Waals surface area (Å²) >= 11 is 6.08. The number of nitrogens with one attached hydrogen (secondary N) is 1. The molecule has 4 rings (SSSR count). The third kappa shape index (κ3) is 3.39. The Labute approximate surface area is 173 Å². The van der Waals surface area contributed by atoms with Gasteiger partial charge in [0.25, 0.3) is 5.91 Å². The van der Waals surface area contributed by atoms with Crippen molar-refractivity contribution in [2.75, 3.05) is 16.8 Å². The molecule has 0 aromatic heterocycles. The SMILES string of the molecule is Cc1ccc(NC(=O)CN2C(=O)C(O)(c3cccc(Cl)c3)c3ccccc32)cc1. The van der Waals surface area contributed by atoms with Gasteiger partial charge < -0.3 is 10.4 Å². The average molecular weight is 407 g/mol. The molecule has 6 heteroatoms. The minimum atomic E-state index is -1.90. The molecule has 0 bridgehead atoms. The van der Waals surface area contributed by atoms with Gasteiger partial charge in [0.15, 0.2) is 5.60 Å². The van der Waals surface area contributed by atoms with Crippen LogP contribution in [0.3, 0.4) is 0 Å². The molecule has 0 saturated carbocycles. The molecule has 29 heavy (non-hydrogen) atoms. The molecule has 2 N–H and O–H groups in total. The Kier molecular flexibility index (Phi) is 4.86. The molecule has 1 unspecified atom stereocenters. The number of fused-ring (bicyclic) bond motifs is 1. The highest BCUT2D eigenvalue weighted by Crippen LogP contribution is 2.44. The zero-order chi connectivity index (χ0) is 20.6. The molecule has 1 atom stereocenters. The van der Waals surface area contributed by atoms with Gasteiger partial charge in [-0.15, -0.1) is 0 Å². The summed E-state index contributed by atoms with van der Waals surface area (Å²) in [6, 6.07) is 20.9. The normalized spacial score (nSPS) is 17.9. The molecule has 1 heterocycles. The van der Waals surface area contributed by atoms with Crippen LogP contribution in [0, 0.1) is 6.92 Å². The van der Waals surface area contributed by atoms with E-state index >= 15 is 0 Å². The average Bonchev–Trinajstić information content (AvgIpc) is 2.93. The van der Waals surface area contributed by atoms with Crippen molar-refractivity contribution in [3.05, 3.63) is 94.5 Å². The summed E-state index contributed by atoms with van der Waals surface area (Å²) in [5, 5.41) is 14.6. The number of halogens is 1. The van der Waals surface area contributed by atoms with E-state index in [0.717, 1.165) is 5.56 Å². The summed E-state index contributed by atoms with van der Waals surface area (Å²) in [7, 11) is 0. The number of rotatable bonds is 4. The van der Waals surface area contributed by atoms with Gasteiger partial charge in [-0.3, -0.25) is 14.5 Å². The highest BCUT2D eigenvalue weighted by atomic mass is 35.5. The molecule has 0 aliphatic carbocycles. The fourth-order valence-electron chi connectivity index (χ4n) is 3.57. The van der Waals surface area contributed by atoms with Crippen LogP contribution < -0.4 is 10.2 Å². The number of aliphatic hydroxyl groups is 1. The van der Waals surface area contributed by atoms with Crippen molar-refractivity contribution in [2.45, 2.75) is 12.5 Å². The van der Waals surface area contributed by atoms with Crippen molar-refractivity contribution in [3.63, 3.8) is 0 Å². The first-order valence-corrected chi connectivity index (χ1v) is 9.54. The van der Waals surface area contributed by atoms with Crippen LogP contribution in [-0.2, 0) is 15.2 Å².